The van der Waals surface area contributed by atoms with Gasteiger partial charge in [0.2, 0.25) is 0 Å². The van der Waals surface area contributed by atoms with E-state index >= 15 is 0 Å². The molecule has 1 aromatic carbocycles. The first-order chi connectivity index (χ1) is 9.04. The summed E-state index contributed by atoms with van der Waals surface area (Å²) in [7, 11) is 2.18. The Kier molecular flexibility index (Phi) is 4.64. The van der Waals surface area contributed by atoms with E-state index in [1.54, 1.807) is 0 Å². The highest BCUT2D eigenvalue weighted by molar-refractivity contribution is 5.30. The molecule has 1 N–H and O–H groups in total. The zero-order chi connectivity index (χ0) is 13.9. The normalized spacial score (nSPS) is 17.5. The molecule has 0 radical (unpaired) electrons. The molecule has 1 aliphatic carbocycles. The SMILES string of the molecule is Cc1ccc(CCN(C)CC2(CO)CCC2)c(C)c1. The molecule has 1 aromatic rings. The topological polar surface area (TPSA) is 23.5 Å². The van der Waals surface area contributed by atoms with Gasteiger partial charge in [0.25, 0.3) is 0 Å². The van der Waals surface area contributed by atoms with Crippen LogP contribution in [0.1, 0.15) is 36.0 Å². The predicted octanol–water partition coefficient (Wildman–Crippen LogP) is 2.94. The number of likely N-dealkylation sites (N-methyl/N-ethyl adjacent to an activating group) is 1. The van der Waals surface area contributed by atoms with Crippen molar-refractivity contribution in [3.05, 3.63) is 34.9 Å². The van der Waals surface area contributed by atoms with E-state index in [0.29, 0.717) is 6.61 Å². The first-order valence-corrected chi connectivity index (χ1v) is 7.40. The largest absolute Gasteiger partial charge is 0.396 e. The molecule has 19 heavy (non-hydrogen) atoms. The molecule has 2 rings (SSSR count). The fourth-order valence-electron chi connectivity index (χ4n) is 3.13. The number of benzene rings is 1. The Balaban J connectivity index is 1.84. The van der Waals surface area contributed by atoms with Crippen LogP contribution in [0.3, 0.4) is 0 Å². The number of hydrogen-bond donors (Lipinski definition) is 1. The highest BCUT2D eigenvalue weighted by Gasteiger charge is 2.36. The Morgan fingerprint density at radius 2 is 2.00 bits per heavy atom. The van der Waals surface area contributed by atoms with Gasteiger partial charge in [0.15, 0.2) is 0 Å². The average molecular weight is 261 g/mol. The maximum absolute atomic E-state index is 9.52. The van der Waals surface area contributed by atoms with Crippen molar-refractivity contribution in [1.82, 2.24) is 4.90 Å². The number of rotatable bonds is 6. The van der Waals surface area contributed by atoms with Crippen LogP contribution in [0.5, 0.6) is 0 Å². The third-order valence-electron chi connectivity index (χ3n) is 4.62. The first-order valence-electron chi connectivity index (χ1n) is 7.40. The predicted molar refractivity (Wildman–Crippen MR) is 80.5 cm³/mol. The standard InChI is InChI=1S/C17H27NO/c1-14-5-6-16(15(2)11-14)7-10-18(3)12-17(13-19)8-4-9-17/h5-6,11,19H,4,7-10,12-13H2,1-3H3. The van der Waals surface area contributed by atoms with Gasteiger partial charge in [-0.05, 0) is 51.3 Å². The summed E-state index contributed by atoms with van der Waals surface area (Å²) < 4.78 is 0. The van der Waals surface area contributed by atoms with Crippen molar-refractivity contribution < 1.29 is 5.11 Å². The molecular weight excluding hydrogens is 234 g/mol. The molecule has 1 fully saturated rings. The maximum atomic E-state index is 9.52. The van der Waals surface area contributed by atoms with Crippen molar-refractivity contribution >= 4 is 0 Å². The third kappa shape index (κ3) is 3.58. The van der Waals surface area contributed by atoms with E-state index in [0.717, 1.165) is 19.5 Å². The van der Waals surface area contributed by atoms with E-state index in [1.165, 1.54) is 36.0 Å². The summed E-state index contributed by atoms with van der Waals surface area (Å²) in [5.74, 6) is 0. The smallest absolute Gasteiger partial charge is 0.0499 e. The summed E-state index contributed by atoms with van der Waals surface area (Å²) in [4.78, 5) is 2.38. The second-order valence-electron chi connectivity index (χ2n) is 6.43. The molecule has 0 atom stereocenters. The van der Waals surface area contributed by atoms with E-state index in [1.807, 2.05) is 0 Å². The van der Waals surface area contributed by atoms with Gasteiger partial charge in [-0.3, -0.25) is 0 Å². The molecule has 0 spiro atoms. The molecule has 1 aliphatic rings. The van der Waals surface area contributed by atoms with Crippen LogP contribution in [0.2, 0.25) is 0 Å². The molecule has 1 saturated carbocycles. The molecule has 0 amide bonds. The second kappa shape index (κ2) is 6.06. The highest BCUT2D eigenvalue weighted by Crippen LogP contribution is 2.40. The van der Waals surface area contributed by atoms with Gasteiger partial charge in [-0.15, -0.1) is 0 Å². The van der Waals surface area contributed by atoms with Crippen molar-refractivity contribution in [2.24, 2.45) is 5.41 Å². The Morgan fingerprint density at radius 1 is 1.26 bits per heavy atom. The zero-order valence-corrected chi connectivity index (χ0v) is 12.6. The number of nitrogens with zero attached hydrogens (tertiary/aromatic N) is 1. The van der Waals surface area contributed by atoms with Gasteiger partial charge in [0, 0.05) is 25.1 Å². The Bertz CT molecular complexity index is 418. The van der Waals surface area contributed by atoms with Crippen LogP contribution in [0, 0.1) is 19.3 Å². The molecule has 0 bridgehead atoms. The summed E-state index contributed by atoms with van der Waals surface area (Å²) in [6, 6.07) is 6.71. The quantitative estimate of drug-likeness (QED) is 0.851. The van der Waals surface area contributed by atoms with Crippen LogP contribution in [0.4, 0.5) is 0 Å². The van der Waals surface area contributed by atoms with E-state index in [-0.39, 0.29) is 5.41 Å². The van der Waals surface area contributed by atoms with Crippen LogP contribution >= 0.6 is 0 Å². The summed E-state index contributed by atoms with van der Waals surface area (Å²) in [5.41, 5.74) is 4.39. The van der Waals surface area contributed by atoms with Crippen LogP contribution in [0.25, 0.3) is 0 Å². The lowest BCUT2D eigenvalue weighted by Gasteiger charge is -2.43. The molecule has 106 valence electrons. The first kappa shape index (κ1) is 14.5. The van der Waals surface area contributed by atoms with Crippen molar-refractivity contribution in [2.45, 2.75) is 39.5 Å². The molecule has 0 aromatic heterocycles. The molecule has 2 heteroatoms. The molecule has 0 unspecified atom stereocenters. The van der Waals surface area contributed by atoms with Crippen molar-refractivity contribution in [3.63, 3.8) is 0 Å². The zero-order valence-electron chi connectivity index (χ0n) is 12.6. The van der Waals surface area contributed by atoms with E-state index in [4.69, 9.17) is 0 Å². The van der Waals surface area contributed by atoms with E-state index in [9.17, 15) is 5.11 Å². The molecule has 0 saturated heterocycles. The van der Waals surface area contributed by atoms with Crippen molar-refractivity contribution in [2.75, 3.05) is 26.7 Å². The van der Waals surface area contributed by atoms with Gasteiger partial charge in [0.1, 0.15) is 0 Å². The number of aryl methyl sites for hydroxylation is 2. The van der Waals surface area contributed by atoms with Gasteiger partial charge in [0.05, 0.1) is 0 Å². The van der Waals surface area contributed by atoms with Crippen LogP contribution in [-0.2, 0) is 6.42 Å². The molecular formula is C17H27NO. The second-order valence-corrected chi connectivity index (χ2v) is 6.43. The number of aliphatic hydroxyl groups is 1. The third-order valence-corrected chi connectivity index (χ3v) is 4.62. The molecule has 0 heterocycles. The Hall–Kier alpha value is -0.860. The van der Waals surface area contributed by atoms with Crippen LogP contribution in [0.15, 0.2) is 18.2 Å². The van der Waals surface area contributed by atoms with Gasteiger partial charge >= 0.3 is 0 Å². The van der Waals surface area contributed by atoms with Gasteiger partial charge < -0.3 is 10.0 Å². The summed E-state index contributed by atoms with van der Waals surface area (Å²) in [6.07, 6.45) is 4.77. The molecule has 2 nitrogen and oxygen atoms in total. The van der Waals surface area contributed by atoms with E-state index in [2.05, 4.69) is 44.0 Å². The van der Waals surface area contributed by atoms with E-state index < -0.39 is 0 Å². The molecule has 0 aliphatic heterocycles. The fourth-order valence-corrected chi connectivity index (χ4v) is 3.13. The van der Waals surface area contributed by atoms with Gasteiger partial charge in [-0.1, -0.05) is 30.2 Å². The Labute approximate surface area is 117 Å². The minimum atomic E-state index is 0.205. The minimum absolute atomic E-state index is 0.205. The van der Waals surface area contributed by atoms with Crippen molar-refractivity contribution in [3.8, 4) is 0 Å². The average Bonchev–Trinajstić information content (AvgIpc) is 2.33. The Morgan fingerprint density at radius 3 is 2.53 bits per heavy atom. The highest BCUT2D eigenvalue weighted by atomic mass is 16.3. The fraction of sp³-hybridized carbons (Fsp3) is 0.647. The lowest BCUT2D eigenvalue weighted by molar-refractivity contribution is 0.0149. The summed E-state index contributed by atoms with van der Waals surface area (Å²) in [6.45, 7) is 6.80. The summed E-state index contributed by atoms with van der Waals surface area (Å²) in [5, 5.41) is 9.52. The number of aliphatic hydroxyl groups excluding tert-OH is 1. The lowest BCUT2D eigenvalue weighted by Crippen LogP contribution is -2.44. The number of hydrogen-bond acceptors (Lipinski definition) is 2. The minimum Gasteiger partial charge on any atom is -0.396 e. The monoisotopic (exact) mass is 261 g/mol. The van der Waals surface area contributed by atoms with Gasteiger partial charge in [-0.25, -0.2) is 0 Å². The van der Waals surface area contributed by atoms with Crippen LogP contribution in [-0.4, -0.2) is 36.8 Å². The summed E-state index contributed by atoms with van der Waals surface area (Å²) >= 11 is 0. The maximum Gasteiger partial charge on any atom is 0.0499 e. The lowest BCUT2D eigenvalue weighted by atomic mass is 9.69. The van der Waals surface area contributed by atoms with Gasteiger partial charge in [-0.2, -0.15) is 0 Å². The van der Waals surface area contributed by atoms with Crippen molar-refractivity contribution in [1.29, 1.82) is 0 Å². The van der Waals surface area contributed by atoms with Crippen LogP contribution < -0.4 is 0 Å².